The van der Waals surface area contributed by atoms with Gasteiger partial charge in [-0.15, -0.1) is 0 Å². The quantitative estimate of drug-likeness (QED) is 0.569. The standard InChI is InChI=1S/C22H23ClN4O5S/c1-15-12-21(27(25-15)18-5-3-4-17(23)14-18)24-22(28)16-6-7-19(31-2)20(13-16)33(29,30)26-8-10-32-11-9-26/h3-7,12-14H,8-11H2,1-2H3,(H,24,28). The molecule has 33 heavy (non-hydrogen) atoms. The van der Waals surface area contributed by atoms with Crippen LogP contribution in [0.2, 0.25) is 5.02 Å². The molecule has 0 spiro atoms. The molecule has 0 unspecified atom stereocenters. The number of rotatable bonds is 6. The van der Waals surface area contributed by atoms with Gasteiger partial charge in [-0.05, 0) is 43.3 Å². The van der Waals surface area contributed by atoms with E-state index in [1.807, 2.05) is 6.07 Å². The zero-order chi connectivity index (χ0) is 23.6. The van der Waals surface area contributed by atoms with Crippen LogP contribution in [0.5, 0.6) is 5.75 Å². The van der Waals surface area contributed by atoms with Crippen LogP contribution < -0.4 is 10.1 Å². The molecule has 1 fully saturated rings. The van der Waals surface area contributed by atoms with Crippen LogP contribution >= 0.6 is 11.6 Å². The lowest BCUT2D eigenvalue weighted by molar-refractivity contribution is 0.0729. The molecule has 1 amide bonds. The van der Waals surface area contributed by atoms with E-state index in [0.29, 0.717) is 35.4 Å². The summed E-state index contributed by atoms with van der Waals surface area (Å²) in [5, 5.41) is 7.77. The molecule has 174 valence electrons. The van der Waals surface area contributed by atoms with Gasteiger partial charge in [0.2, 0.25) is 10.0 Å². The Balaban J connectivity index is 1.66. The summed E-state index contributed by atoms with van der Waals surface area (Å²) in [5.41, 5.74) is 1.53. The number of nitrogens with zero attached hydrogens (tertiary/aromatic N) is 3. The summed E-state index contributed by atoms with van der Waals surface area (Å²) in [6.45, 7) is 2.90. The van der Waals surface area contributed by atoms with Crippen LogP contribution in [0.15, 0.2) is 53.4 Å². The summed E-state index contributed by atoms with van der Waals surface area (Å²) >= 11 is 6.10. The number of ether oxygens (including phenoxy) is 2. The Morgan fingerprint density at radius 1 is 1.15 bits per heavy atom. The fraction of sp³-hybridized carbons (Fsp3) is 0.273. The first kappa shape index (κ1) is 23.2. The minimum absolute atomic E-state index is 0.0703. The van der Waals surface area contributed by atoms with E-state index < -0.39 is 15.9 Å². The molecule has 0 saturated carbocycles. The fourth-order valence-electron chi connectivity index (χ4n) is 3.53. The van der Waals surface area contributed by atoms with Gasteiger partial charge < -0.3 is 14.8 Å². The van der Waals surface area contributed by atoms with E-state index in [9.17, 15) is 13.2 Å². The van der Waals surface area contributed by atoms with Crippen LogP contribution in [0.3, 0.4) is 0 Å². The average molecular weight is 491 g/mol. The molecule has 11 heteroatoms. The molecule has 9 nitrogen and oxygen atoms in total. The Bertz CT molecular complexity index is 1290. The topological polar surface area (TPSA) is 103 Å². The van der Waals surface area contributed by atoms with Gasteiger partial charge >= 0.3 is 0 Å². The van der Waals surface area contributed by atoms with Crippen molar-refractivity contribution in [1.82, 2.24) is 14.1 Å². The molecule has 1 saturated heterocycles. The molecular formula is C22H23ClN4O5S. The molecule has 2 aromatic carbocycles. The first-order valence-electron chi connectivity index (χ1n) is 10.2. The van der Waals surface area contributed by atoms with Crippen LogP contribution in [0.4, 0.5) is 5.82 Å². The molecule has 4 rings (SSSR count). The van der Waals surface area contributed by atoms with Crippen molar-refractivity contribution in [2.45, 2.75) is 11.8 Å². The number of anilines is 1. The van der Waals surface area contributed by atoms with Crippen molar-refractivity contribution in [2.75, 3.05) is 38.7 Å². The molecule has 1 aromatic heterocycles. The third-order valence-corrected chi connectivity index (χ3v) is 7.29. The van der Waals surface area contributed by atoms with Crippen molar-refractivity contribution in [1.29, 1.82) is 0 Å². The summed E-state index contributed by atoms with van der Waals surface area (Å²) in [5.74, 6) is 0.102. The first-order valence-corrected chi connectivity index (χ1v) is 12.0. The van der Waals surface area contributed by atoms with Crippen molar-refractivity contribution in [3.8, 4) is 11.4 Å². The van der Waals surface area contributed by atoms with Gasteiger partial charge in [-0.1, -0.05) is 17.7 Å². The van der Waals surface area contributed by atoms with Crippen LogP contribution in [0, 0.1) is 6.92 Å². The van der Waals surface area contributed by atoms with E-state index >= 15 is 0 Å². The van der Waals surface area contributed by atoms with Gasteiger partial charge in [0.1, 0.15) is 16.5 Å². The smallest absolute Gasteiger partial charge is 0.256 e. The highest BCUT2D eigenvalue weighted by Crippen LogP contribution is 2.29. The molecule has 2 heterocycles. The highest BCUT2D eigenvalue weighted by Gasteiger charge is 2.30. The number of aryl methyl sites for hydroxylation is 1. The third kappa shape index (κ3) is 4.88. The van der Waals surface area contributed by atoms with E-state index in [1.54, 1.807) is 35.9 Å². The van der Waals surface area contributed by atoms with Crippen LogP contribution in [0.1, 0.15) is 16.1 Å². The molecule has 1 aliphatic rings. The van der Waals surface area contributed by atoms with Gasteiger partial charge in [0, 0.05) is 29.7 Å². The monoisotopic (exact) mass is 490 g/mol. The van der Waals surface area contributed by atoms with Crippen molar-refractivity contribution in [3.63, 3.8) is 0 Å². The molecule has 0 atom stereocenters. The Morgan fingerprint density at radius 2 is 1.91 bits per heavy atom. The molecule has 0 aliphatic carbocycles. The lowest BCUT2D eigenvalue weighted by atomic mass is 10.2. The maximum Gasteiger partial charge on any atom is 0.256 e. The van der Waals surface area contributed by atoms with Crippen molar-refractivity contribution in [2.24, 2.45) is 0 Å². The number of carbonyl (C=O) groups is 1. The van der Waals surface area contributed by atoms with E-state index in [0.717, 1.165) is 0 Å². The van der Waals surface area contributed by atoms with E-state index in [1.165, 1.54) is 29.6 Å². The Morgan fingerprint density at radius 3 is 2.61 bits per heavy atom. The molecule has 1 aliphatic heterocycles. The van der Waals surface area contributed by atoms with Crippen molar-refractivity contribution in [3.05, 3.63) is 64.8 Å². The Kier molecular flexibility index (Phi) is 6.71. The van der Waals surface area contributed by atoms with Gasteiger partial charge in [0.15, 0.2) is 0 Å². The summed E-state index contributed by atoms with van der Waals surface area (Å²) in [4.78, 5) is 13.0. The normalized spacial score (nSPS) is 14.8. The zero-order valence-corrected chi connectivity index (χ0v) is 19.7. The van der Waals surface area contributed by atoms with E-state index in [-0.39, 0.29) is 29.3 Å². The number of hydrogen-bond acceptors (Lipinski definition) is 6. The molecule has 3 aromatic rings. The fourth-order valence-corrected chi connectivity index (χ4v) is 5.30. The maximum atomic E-state index is 13.2. The number of hydrogen-bond donors (Lipinski definition) is 1. The predicted molar refractivity (Wildman–Crippen MR) is 124 cm³/mol. The number of sulfonamides is 1. The number of benzene rings is 2. The first-order chi connectivity index (χ1) is 15.8. The SMILES string of the molecule is COc1ccc(C(=O)Nc2cc(C)nn2-c2cccc(Cl)c2)cc1S(=O)(=O)N1CCOCC1. The Hall–Kier alpha value is -2.92. The Labute approximate surface area is 196 Å². The average Bonchev–Trinajstić information content (AvgIpc) is 3.19. The van der Waals surface area contributed by atoms with Gasteiger partial charge in [-0.2, -0.15) is 9.40 Å². The third-order valence-electron chi connectivity index (χ3n) is 5.14. The number of halogens is 1. The summed E-state index contributed by atoms with van der Waals surface area (Å²) in [7, 11) is -2.48. The summed E-state index contributed by atoms with van der Waals surface area (Å²) in [6.07, 6.45) is 0. The van der Waals surface area contributed by atoms with Crippen LogP contribution in [0.25, 0.3) is 5.69 Å². The summed E-state index contributed by atoms with van der Waals surface area (Å²) < 4.78 is 39.8. The van der Waals surface area contributed by atoms with Crippen LogP contribution in [-0.2, 0) is 14.8 Å². The van der Waals surface area contributed by atoms with Crippen LogP contribution in [-0.4, -0.2) is 61.8 Å². The second-order valence-corrected chi connectivity index (χ2v) is 9.74. The lowest BCUT2D eigenvalue weighted by Crippen LogP contribution is -2.40. The van der Waals surface area contributed by atoms with E-state index in [2.05, 4.69) is 10.4 Å². The second kappa shape index (κ2) is 9.52. The molecule has 1 N–H and O–H groups in total. The van der Waals surface area contributed by atoms with Gasteiger partial charge in [0.05, 0.1) is 31.7 Å². The van der Waals surface area contributed by atoms with E-state index in [4.69, 9.17) is 21.1 Å². The largest absolute Gasteiger partial charge is 0.495 e. The number of morpholine rings is 1. The minimum atomic E-state index is -3.87. The van der Waals surface area contributed by atoms with Gasteiger partial charge in [0.25, 0.3) is 5.91 Å². The number of nitrogens with one attached hydrogen (secondary N) is 1. The predicted octanol–water partition coefficient (Wildman–Crippen LogP) is 3.12. The number of methoxy groups -OCH3 is 1. The molecular weight excluding hydrogens is 468 g/mol. The zero-order valence-electron chi connectivity index (χ0n) is 18.1. The minimum Gasteiger partial charge on any atom is -0.495 e. The van der Waals surface area contributed by atoms with Crippen molar-refractivity contribution >= 4 is 33.3 Å². The number of carbonyl (C=O) groups excluding carboxylic acids is 1. The van der Waals surface area contributed by atoms with Gasteiger partial charge in [-0.3, -0.25) is 4.79 Å². The highest BCUT2D eigenvalue weighted by molar-refractivity contribution is 7.89. The molecule has 0 radical (unpaired) electrons. The highest BCUT2D eigenvalue weighted by atomic mass is 35.5. The lowest BCUT2D eigenvalue weighted by Gasteiger charge is -2.26. The number of aromatic nitrogens is 2. The maximum absolute atomic E-state index is 13.2. The molecule has 0 bridgehead atoms. The number of amides is 1. The van der Waals surface area contributed by atoms with Crippen molar-refractivity contribution < 1.29 is 22.7 Å². The summed E-state index contributed by atoms with van der Waals surface area (Å²) in [6, 6.07) is 13.1. The second-order valence-electron chi connectivity index (χ2n) is 7.40. The van der Waals surface area contributed by atoms with Gasteiger partial charge in [-0.25, -0.2) is 13.1 Å².